The van der Waals surface area contributed by atoms with E-state index in [-0.39, 0.29) is 11.3 Å². The molecule has 0 spiro atoms. The lowest BCUT2D eigenvalue weighted by atomic mass is 10.0. The largest absolute Gasteiger partial charge is 0.504 e. The molecule has 6 heteroatoms. The number of hydrogen-bond donors (Lipinski definition) is 1. The number of carbonyl (C=O) groups excluding carboxylic acids is 1. The van der Waals surface area contributed by atoms with Gasteiger partial charge in [0.25, 0.3) is 0 Å². The zero-order chi connectivity index (χ0) is 17.7. The molecule has 0 unspecified atom stereocenters. The van der Waals surface area contributed by atoms with E-state index in [2.05, 4.69) is 15.9 Å². The molecule has 2 rings (SSSR count). The number of benzene rings is 2. The Bertz CT molecular complexity index is 835. The first kappa shape index (κ1) is 17.6. The van der Waals surface area contributed by atoms with E-state index in [1.165, 1.54) is 26.4 Å². The van der Waals surface area contributed by atoms with Crippen LogP contribution in [0.25, 0.3) is 6.08 Å². The Morgan fingerprint density at radius 1 is 1.21 bits per heavy atom. The van der Waals surface area contributed by atoms with Crippen LogP contribution >= 0.6 is 15.9 Å². The molecule has 0 heterocycles. The topological polar surface area (TPSA) is 79.6 Å². The van der Waals surface area contributed by atoms with E-state index in [0.717, 1.165) is 0 Å². The second kappa shape index (κ2) is 7.66. The van der Waals surface area contributed by atoms with Crippen LogP contribution in [0.4, 0.5) is 0 Å². The summed E-state index contributed by atoms with van der Waals surface area (Å²) in [7, 11) is 2.97. The van der Waals surface area contributed by atoms with Gasteiger partial charge in [0, 0.05) is 10.0 Å². The van der Waals surface area contributed by atoms with E-state index in [0.29, 0.717) is 27.1 Å². The van der Waals surface area contributed by atoms with Crippen molar-refractivity contribution in [3.63, 3.8) is 0 Å². The van der Waals surface area contributed by atoms with E-state index in [1.807, 2.05) is 6.07 Å². The minimum atomic E-state index is -0.414. The molecule has 0 saturated carbocycles. The van der Waals surface area contributed by atoms with Gasteiger partial charge in [-0.1, -0.05) is 15.9 Å². The van der Waals surface area contributed by atoms with Crippen LogP contribution in [0.5, 0.6) is 17.2 Å². The minimum Gasteiger partial charge on any atom is -0.504 e. The zero-order valence-electron chi connectivity index (χ0n) is 13.0. The maximum atomic E-state index is 12.5. The first-order valence-corrected chi connectivity index (χ1v) is 7.66. The third kappa shape index (κ3) is 3.76. The average Bonchev–Trinajstić information content (AvgIpc) is 2.61. The summed E-state index contributed by atoms with van der Waals surface area (Å²) in [4.78, 5) is 12.5. The number of ether oxygens (including phenoxy) is 2. The summed E-state index contributed by atoms with van der Waals surface area (Å²) in [6.45, 7) is 0. The van der Waals surface area contributed by atoms with Crippen molar-refractivity contribution in [1.82, 2.24) is 0 Å². The molecule has 1 N–H and O–H groups in total. The van der Waals surface area contributed by atoms with E-state index in [4.69, 9.17) is 9.47 Å². The van der Waals surface area contributed by atoms with Gasteiger partial charge in [0.2, 0.25) is 5.78 Å². The van der Waals surface area contributed by atoms with Crippen LogP contribution in [0.3, 0.4) is 0 Å². The van der Waals surface area contributed by atoms with Crippen LogP contribution in [0, 0.1) is 11.3 Å². The quantitative estimate of drug-likeness (QED) is 0.477. The van der Waals surface area contributed by atoms with Crippen LogP contribution < -0.4 is 9.47 Å². The molecule has 0 atom stereocenters. The lowest BCUT2D eigenvalue weighted by molar-refractivity contribution is 0.104. The van der Waals surface area contributed by atoms with Crippen molar-refractivity contribution in [3.05, 3.63) is 57.6 Å². The first-order chi connectivity index (χ1) is 11.5. The molecule has 0 radical (unpaired) electrons. The zero-order valence-corrected chi connectivity index (χ0v) is 14.6. The molecule has 5 nitrogen and oxygen atoms in total. The number of aromatic hydroxyl groups is 1. The molecule has 2 aromatic carbocycles. The van der Waals surface area contributed by atoms with Crippen LogP contribution in [0.15, 0.2) is 46.4 Å². The number of halogens is 1. The number of allylic oxidation sites excluding steroid dienone is 1. The first-order valence-electron chi connectivity index (χ1n) is 6.87. The molecule has 0 amide bonds. The average molecular weight is 388 g/mol. The number of phenolic OH excluding ortho intramolecular Hbond substituents is 1. The smallest absolute Gasteiger partial charge is 0.203 e. The number of methoxy groups -OCH3 is 2. The van der Waals surface area contributed by atoms with Crippen molar-refractivity contribution in [3.8, 4) is 23.3 Å². The number of rotatable bonds is 5. The Morgan fingerprint density at radius 2 is 1.88 bits per heavy atom. The van der Waals surface area contributed by atoms with E-state index >= 15 is 0 Å². The minimum absolute atomic E-state index is 0.0505. The van der Waals surface area contributed by atoms with Crippen molar-refractivity contribution in [2.24, 2.45) is 0 Å². The van der Waals surface area contributed by atoms with E-state index in [1.54, 1.807) is 30.3 Å². The summed E-state index contributed by atoms with van der Waals surface area (Å²) >= 11 is 3.33. The predicted molar refractivity (Wildman–Crippen MR) is 93.3 cm³/mol. The molecule has 2 aromatic rings. The highest BCUT2D eigenvalue weighted by molar-refractivity contribution is 9.10. The van der Waals surface area contributed by atoms with Crippen LogP contribution in [0.2, 0.25) is 0 Å². The maximum absolute atomic E-state index is 12.5. The number of Topliss-reactive ketones (excluding diaryl/α,β-unsaturated/α-hetero) is 1. The van der Waals surface area contributed by atoms with Crippen molar-refractivity contribution >= 4 is 27.8 Å². The van der Waals surface area contributed by atoms with Gasteiger partial charge in [0.15, 0.2) is 11.5 Å². The summed E-state index contributed by atoms with van der Waals surface area (Å²) in [6.07, 6.45) is 1.41. The summed E-state index contributed by atoms with van der Waals surface area (Å²) in [6, 6.07) is 11.4. The third-order valence-electron chi connectivity index (χ3n) is 3.32. The van der Waals surface area contributed by atoms with Crippen molar-refractivity contribution < 1.29 is 19.4 Å². The van der Waals surface area contributed by atoms with Gasteiger partial charge in [-0.2, -0.15) is 5.26 Å². The monoisotopic (exact) mass is 387 g/mol. The standard InChI is InChI=1S/C18H14BrNO4/c1-23-14-5-3-11(4-6-14)18(22)13(10-20)7-12-8-16(21)17(24-2)9-15(12)19/h3-9,21H,1-2H3/b13-7+. The number of phenols is 1. The maximum Gasteiger partial charge on any atom is 0.203 e. The van der Waals surface area contributed by atoms with Crippen LogP contribution in [0.1, 0.15) is 15.9 Å². The van der Waals surface area contributed by atoms with Gasteiger partial charge in [-0.15, -0.1) is 0 Å². The Hall–Kier alpha value is -2.78. The lowest BCUT2D eigenvalue weighted by Crippen LogP contribution is -2.02. The van der Waals surface area contributed by atoms with Gasteiger partial charge >= 0.3 is 0 Å². The van der Waals surface area contributed by atoms with Gasteiger partial charge in [0.1, 0.15) is 17.4 Å². The number of nitriles is 1. The summed E-state index contributed by atoms with van der Waals surface area (Å²) < 4.78 is 10.6. The number of carbonyl (C=O) groups is 1. The third-order valence-corrected chi connectivity index (χ3v) is 4.00. The summed E-state index contributed by atoms with van der Waals surface area (Å²) in [5, 5.41) is 19.2. The van der Waals surface area contributed by atoms with Gasteiger partial charge in [-0.3, -0.25) is 4.79 Å². The SMILES string of the molecule is COc1ccc(C(=O)/C(C#N)=C/c2cc(O)c(OC)cc2Br)cc1. The molecule has 0 saturated heterocycles. The Kier molecular flexibility index (Phi) is 5.61. The summed E-state index contributed by atoms with van der Waals surface area (Å²) in [5.41, 5.74) is 0.814. The number of ketones is 1. The number of hydrogen-bond acceptors (Lipinski definition) is 5. The Labute approximate surface area is 147 Å². The van der Waals surface area contributed by atoms with E-state index < -0.39 is 5.78 Å². The van der Waals surface area contributed by atoms with Crippen molar-refractivity contribution in [1.29, 1.82) is 5.26 Å². The predicted octanol–water partition coefficient (Wildman–Crippen LogP) is 3.96. The van der Waals surface area contributed by atoms with Gasteiger partial charge in [-0.25, -0.2) is 0 Å². The Morgan fingerprint density at radius 3 is 2.42 bits per heavy atom. The molecular formula is C18H14BrNO4. The highest BCUT2D eigenvalue weighted by atomic mass is 79.9. The highest BCUT2D eigenvalue weighted by Crippen LogP contribution is 2.33. The molecular weight excluding hydrogens is 374 g/mol. The molecule has 0 aliphatic carbocycles. The van der Waals surface area contributed by atoms with Crippen molar-refractivity contribution in [2.45, 2.75) is 0 Å². The summed E-state index contributed by atoms with van der Waals surface area (Å²) in [5.74, 6) is 0.416. The second-order valence-electron chi connectivity index (χ2n) is 4.77. The van der Waals surface area contributed by atoms with Crippen molar-refractivity contribution in [2.75, 3.05) is 14.2 Å². The number of nitrogens with zero attached hydrogens (tertiary/aromatic N) is 1. The molecule has 24 heavy (non-hydrogen) atoms. The Balaban J connectivity index is 2.40. The normalized spacial score (nSPS) is 10.8. The molecule has 0 aliphatic rings. The molecule has 0 aliphatic heterocycles. The van der Waals surface area contributed by atoms with E-state index in [9.17, 15) is 15.2 Å². The fourth-order valence-electron chi connectivity index (χ4n) is 2.04. The lowest BCUT2D eigenvalue weighted by Gasteiger charge is -2.07. The van der Waals surface area contributed by atoms with Gasteiger partial charge in [0.05, 0.1) is 14.2 Å². The fourth-order valence-corrected chi connectivity index (χ4v) is 2.47. The second-order valence-corrected chi connectivity index (χ2v) is 5.63. The van der Waals surface area contributed by atoms with Crippen LogP contribution in [-0.4, -0.2) is 25.1 Å². The molecule has 0 aromatic heterocycles. The molecule has 122 valence electrons. The molecule has 0 bridgehead atoms. The van der Waals surface area contributed by atoms with Gasteiger partial charge < -0.3 is 14.6 Å². The fraction of sp³-hybridized carbons (Fsp3) is 0.111. The van der Waals surface area contributed by atoms with Crippen LogP contribution in [-0.2, 0) is 0 Å². The molecule has 0 fully saturated rings. The van der Waals surface area contributed by atoms with Gasteiger partial charge in [-0.05, 0) is 48.0 Å². The highest BCUT2D eigenvalue weighted by Gasteiger charge is 2.14.